The Bertz CT molecular complexity index is 137. The van der Waals surface area contributed by atoms with E-state index in [1.807, 2.05) is 0 Å². The predicted octanol–water partition coefficient (Wildman–Crippen LogP) is 0.272. The highest BCUT2D eigenvalue weighted by Gasteiger charge is 2.05. The number of nitrogens with two attached hydrogens (primary N) is 1. The molecule has 11 heavy (non-hydrogen) atoms. The Kier molecular flexibility index (Phi) is 6.46. The topological polar surface area (TPSA) is 83.6 Å². The van der Waals surface area contributed by atoms with E-state index in [0.29, 0.717) is 0 Å². The summed E-state index contributed by atoms with van der Waals surface area (Å²) in [6, 6.07) is 0. The van der Waals surface area contributed by atoms with Crippen LogP contribution in [0, 0.1) is 5.92 Å². The Balaban J connectivity index is 0.000000218. The second-order valence-electron chi connectivity index (χ2n) is 2.33. The normalized spacial score (nSPS) is 16.7. The van der Waals surface area contributed by atoms with Gasteiger partial charge >= 0.3 is 8.25 Å². The molecule has 1 rings (SSSR count). The molecule has 0 aromatic rings. The highest BCUT2D eigenvalue weighted by atomic mass is 31.1. The lowest BCUT2D eigenvalue weighted by Crippen LogP contribution is -2.09. The Morgan fingerprint density at radius 3 is 2.00 bits per heavy atom. The van der Waals surface area contributed by atoms with Crippen LogP contribution < -0.4 is 5.73 Å². The monoisotopic (exact) mass is 179 g/mol. The fourth-order valence-corrected chi connectivity index (χ4v) is 0.866. The third-order valence-electron chi connectivity index (χ3n) is 1.44. The van der Waals surface area contributed by atoms with Crippen molar-refractivity contribution in [2.24, 2.45) is 11.7 Å². The Morgan fingerprint density at radius 2 is 1.82 bits per heavy atom. The molecular formula is C6H14NO3P. The summed E-state index contributed by atoms with van der Waals surface area (Å²) in [5, 5.41) is 0. The van der Waals surface area contributed by atoms with E-state index in [0.717, 1.165) is 12.5 Å². The molecule has 0 unspecified atom stereocenters. The van der Waals surface area contributed by atoms with Crippen LogP contribution >= 0.6 is 8.25 Å². The molecule has 0 aromatic heterocycles. The second kappa shape index (κ2) is 6.55. The second-order valence-corrected chi connectivity index (χ2v) is 2.89. The van der Waals surface area contributed by atoms with Crippen LogP contribution in [-0.2, 0) is 4.57 Å². The Hall–Kier alpha value is -0.150. The average Bonchev–Trinajstić information content (AvgIpc) is 2.36. The molecule has 1 aliphatic rings. The van der Waals surface area contributed by atoms with Gasteiger partial charge in [0.15, 0.2) is 0 Å². The molecule has 0 aromatic carbocycles. The molecule has 4 nitrogen and oxygen atoms in total. The van der Waals surface area contributed by atoms with Crippen molar-refractivity contribution >= 4 is 8.25 Å². The number of hydrogen-bond donors (Lipinski definition) is 3. The van der Waals surface area contributed by atoms with E-state index in [2.05, 4.69) is 12.2 Å². The van der Waals surface area contributed by atoms with Gasteiger partial charge in [-0.2, -0.15) is 0 Å². The lowest BCUT2D eigenvalue weighted by molar-refractivity contribution is 0.405. The summed E-state index contributed by atoms with van der Waals surface area (Å²) in [6.07, 6.45) is 6.82. The molecule has 5 heteroatoms. The van der Waals surface area contributed by atoms with E-state index in [1.165, 1.54) is 12.8 Å². The van der Waals surface area contributed by atoms with Crippen LogP contribution in [0.3, 0.4) is 0 Å². The van der Waals surface area contributed by atoms with Gasteiger partial charge in [0.1, 0.15) is 0 Å². The van der Waals surface area contributed by atoms with E-state index < -0.39 is 8.25 Å². The molecule has 0 bridgehead atoms. The molecule has 66 valence electrons. The molecule has 0 heterocycles. The first kappa shape index (κ1) is 10.8. The van der Waals surface area contributed by atoms with Crippen molar-refractivity contribution in [2.45, 2.75) is 12.8 Å². The largest absolute Gasteiger partial charge is 0.330 e. The van der Waals surface area contributed by atoms with Gasteiger partial charge in [-0.25, -0.2) is 0 Å². The molecule has 0 radical (unpaired) electrons. The molecule has 0 amide bonds. The van der Waals surface area contributed by atoms with Crippen LogP contribution in [0.5, 0.6) is 0 Å². The minimum Gasteiger partial charge on any atom is -0.330 e. The van der Waals surface area contributed by atoms with E-state index >= 15 is 0 Å². The highest BCUT2D eigenvalue weighted by molar-refractivity contribution is 7.30. The van der Waals surface area contributed by atoms with Crippen molar-refractivity contribution in [3.05, 3.63) is 12.2 Å². The smallest absolute Gasteiger partial charge is 0.314 e. The standard InChI is InChI=1S/C6H11N.H3O3P/c7-5-6-3-1-2-4-6;1-4(2)3/h1-2,6H,3-5,7H2;4H,(H2,1,2,3). The zero-order valence-electron chi connectivity index (χ0n) is 6.23. The summed E-state index contributed by atoms with van der Waals surface area (Å²) in [7, 11) is -3.13. The van der Waals surface area contributed by atoms with Crippen LogP contribution in [0.25, 0.3) is 0 Å². The van der Waals surface area contributed by atoms with Crippen LogP contribution in [0.4, 0.5) is 0 Å². The first-order chi connectivity index (χ1) is 5.16. The maximum Gasteiger partial charge on any atom is 0.314 e. The van der Waals surface area contributed by atoms with E-state index in [-0.39, 0.29) is 0 Å². The van der Waals surface area contributed by atoms with Crippen LogP contribution in [0.1, 0.15) is 12.8 Å². The van der Waals surface area contributed by atoms with Gasteiger partial charge in [-0.3, -0.25) is 4.57 Å². The summed E-state index contributed by atoms with van der Waals surface area (Å²) in [5.74, 6) is 0.764. The molecule has 0 aliphatic heterocycles. The van der Waals surface area contributed by atoms with Gasteiger partial charge in [0, 0.05) is 0 Å². The lowest BCUT2D eigenvalue weighted by atomic mass is 10.1. The molecular weight excluding hydrogens is 165 g/mol. The van der Waals surface area contributed by atoms with Gasteiger partial charge in [0.05, 0.1) is 0 Å². The number of rotatable bonds is 1. The van der Waals surface area contributed by atoms with Gasteiger partial charge in [0.25, 0.3) is 0 Å². The molecule has 0 saturated carbocycles. The summed E-state index contributed by atoms with van der Waals surface area (Å²) < 4.78 is 8.74. The van der Waals surface area contributed by atoms with Crippen molar-refractivity contribution in [3.8, 4) is 0 Å². The van der Waals surface area contributed by atoms with Gasteiger partial charge in [-0.15, -0.1) is 0 Å². The Labute approximate surface area is 66.7 Å². The molecule has 4 N–H and O–H groups in total. The zero-order valence-corrected chi connectivity index (χ0v) is 7.23. The summed E-state index contributed by atoms with van der Waals surface area (Å²) in [4.78, 5) is 14.3. The van der Waals surface area contributed by atoms with Crippen molar-refractivity contribution in [2.75, 3.05) is 6.54 Å². The van der Waals surface area contributed by atoms with E-state index in [4.69, 9.17) is 20.1 Å². The van der Waals surface area contributed by atoms with Gasteiger partial charge < -0.3 is 15.5 Å². The van der Waals surface area contributed by atoms with E-state index in [9.17, 15) is 0 Å². The lowest BCUT2D eigenvalue weighted by Gasteiger charge is -2.00. The summed E-state index contributed by atoms with van der Waals surface area (Å²) >= 11 is 0. The quantitative estimate of drug-likeness (QED) is 0.398. The summed E-state index contributed by atoms with van der Waals surface area (Å²) in [6.45, 7) is 0.854. The molecule has 1 aliphatic carbocycles. The molecule has 0 atom stereocenters. The number of hydrogen-bond acceptors (Lipinski definition) is 2. The fraction of sp³-hybridized carbons (Fsp3) is 0.667. The first-order valence-electron chi connectivity index (χ1n) is 3.43. The molecule has 0 fully saturated rings. The van der Waals surface area contributed by atoms with Crippen LogP contribution in [0.15, 0.2) is 12.2 Å². The van der Waals surface area contributed by atoms with Crippen molar-refractivity contribution in [1.82, 2.24) is 0 Å². The molecule has 0 saturated heterocycles. The van der Waals surface area contributed by atoms with Crippen LogP contribution in [0.2, 0.25) is 0 Å². The average molecular weight is 179 g/mol. The van der Waals surface area contributed by atoms with Crippen molar-refractivity contribution in [3.63, 3.8) is 0 Å². The minimum atomic E-state index is -3.13. The summed E-state index contributed by atoms with van der Waals surface area (Å²) in [5.41, 5.74) is 5.39. The SMILES string of the molecule is NCC1CC=CC1.O=[PH](O)O. The third-order valence-corrected chi connectivity index (χ3v) is 1.44. The van der Waals surface area contributed by atoms with Gasteiger partial charge in [-0.1, -0.05) is 12.2 Å². The number of allylic oxidation sites excluding steroid dienone is 2. The van der Waals surface area contributed by atoms with Crippen LogP contribution in [-0.4, -0.2) is 16.3 Å². The zero-order chi connectivity index (χ0) is 8.69. The van der Waals surface area contributed by atoms with Gasteiger partial charge in [0.2, 0.25) is 0 Å². The maximum atomic E-state index is 8.74. The predicted molar refractivity (Wildman–Crippen MR) is 44.4 cm³/mol. The van der Waals surface area contributed by atoms with E-state index in [1.54, 1.807) is 0 Å². The maximum absolute atomic E-state index is 8.74. The minimum absolute atomic E-state index is 0.764. The highest BCUT2D eigenvalue weighted by Crippen LogP contribution is 2.14. The Morgan fingerprint density at radius 1 is 1.45 bits per heavy atom. The van der Waals surface area contributed by atoms with Crippen molar-refractivity contribution < 1.29 is 14.4 Å². The first-order valence-corrected chi connectivity index (χ1v) is 4.74. The van der Waals surface area contributed by atoms with Crippen molar-refractivity contribution in [1.29, 1.82) is 0 Å². The van der Waals surface area contributed by atoms with Gasteiger partial charge in [-0.05, 0) is 25.3 Å². The third kappa shape index (κ3) is 7.75. The molecule has 0 spiro atoms. The fourth-order valence-electron chi connectivity index (χ4n) is 0.866.